The highest BCUT2D eigenvalue weighted by atomic mass is 16.1. The second kappa shape index (κ2) is 6.79. The number of ketones is 1. The van der Waals surface area contributed by atoms with Crippen LogP contribution in [0.15, 0.2) is 24.3 Å². The zero-order valence-electron chi connectivity index (χ0n) is 15.9. The van der Waals surface area contributed by atoms with E-state index >= 15 is 0 Å². The summed E-state index contributed by atoms with van der Waals surface area (Å²) in [5, 5.41) is 0. The Morgan fingerprint density at radius 3 is 2.26 bits per heavy atom. The van der Waals surface area contributed by atoms with Gasteiger partial charge in [0.1, 0.15) is 5.78 Å². The monoisotopic (exact) mass is 314 g/mol. The molecule has 128 valence electrons. The Hall–Kier alpha value is -1.11. The first-order valence-corrected chi connectivity index (χ1v) is 9.17. The lowest BCUT2D eigenvalue weighted by molar-refractivity contribution is -0.132. The van der Waals surface area contributed by atoms with Crippen LogP contribution in [-0.2, 0) is 17.6 Å². The average Bonchev–Trinajstić information content (AvgIpc) is 2.43. The normalized spacial score (nSPS) is 20.0. The van der Waals surface area contributed by atoms with Gasteiger partial charge in [-0.25, -0.2) is 0 Å². The van der Waals surface area contributed by atoms with E-state index in [1.165, 1.54) is 24.0 Å². The van der Waals surface area contributed by atoms with Crippen LogP contribution in [0.3, 0.4) is 0 Å². The Kier molecular flexibility index (Phi) is 5.38. The van der Waals surface area contributed by atoms with Gasteiger partial charge in [0.2, 0.25) is 0 Å². The van der Waals surface area contributed by atoms with E-state index < -0.39 is 0 Å². The van der Waals surface area contributed by atoms with E-state index in [1.807, 2.05) is 0 Å². The molecule has 2 rings (SSSR count). The predicted molar refractivity (Wildman–Crippen MR) is 98.6 cm³/mol. The fourth-order valence-corrected chi connectivity index (χ4v) is 4.01. The molecule has 2 unspecified atom stereocenters. The van der Waals surface area contributed by atoms with Gasteiger partial charge >= 0.3 is 0 Å². The molecule has 1 aliphatic rings. The lowest BCUT2D eigenvalue weighted by atomic mass is 9.70. The van der Waals surface area contributed by atoms with Crippen LogP contribution in [0.25, 0.3) is 0 Å². The SMILES string of the molecule is CC(C)(C)CC(CC1CCc2ccccc2C1)C(=O)C(C)(C)C. The maximum atomic E-state index is 13.0. The summed E-state index contributed by atoms with van der Waals surface area (Å²) in [5.41, 5.74) is 2.99. The molecule has 23 heavy (non-hydrogen) atoms. The lowest BCUT2D eigenvalue weighted by Crippen LogP contribution is -2.33. The first-order chi connectivity index (χ1) is 10.6. The third kappa shape index (κ3) is 5.19. The number of rotatable bonds is 4. The molecule has 2 atom stereocenters. The molecule has 0 spiro atoms. The molecule has 1 aliphatic carbocycles. The smallest absolute Gasteiger partial charge is 0.141 e. The third-order valence-electron chi connectivity index (χ3n) is 5.04. The summed E-state index contributed by atoms with van der Waals surface area (Å²) < 4.78 is 0. The van der Waals surface area contributed by atoms with Crippen LogP contribution in [0.5, 0.6) is 0 Å². The molecule has 0 bridgehead atoms. The molecule has 0 N–H and O–H groups in total. The maximum Gasteiger partial charge on any atom is 0.141 e. The predicted octanol–water partition coefficient (Wildman–Crippen LogP) is 5.85. The summed E-state index contributed by atoms with van der Waals surface area (Å²) in [6, 6.07) is 8.82. The average molecular weight is 315 g/mol. The Morgan fingerprint density at radius 2 is 1.70 bits per heavy atom. The number of carbonyl (C=O) groups is 1. The second-order valence-corrected chi connectivity index (χ2v) is 9.69. The molecular formula is C22H34O. The van der Waals surface area contributed by atoms with Crippen molar-refractivity contribution in [2.24, 2.45) is 22.7 Å². The van der Waals surface area contributed by atoms with Crippen LogP contribution in [0.1, 0.15) is 71.9 Å². The second-order valence-electron chi connectivity index (χ2n) is 9.69. The van der Waals surface area contributed by atoms with E-state index in [-0.39, 0.29) is 16.7 Å². The molecule has 1 aromatic carbocycles. The number of Topliss-reactive ketones (excluding diaryl/α,β-unsaturated/α-hetero) is 1. The van der Waals surface area contributed by atoms with Crippen LogP contribution in [0, 0.1) is 22.7 Å². The first-order valence-electron chi connectivity index (χ1n) is 9.17. The van der Waals surface area contributed by atoms with Crippen molar-refractivity contribution in [2.75, 3.05) is 0 Å². The summed E-state index contributed by atoms with van der Waals surface area (Å²) in [5.74, 6) is 1.31. The van der Waals surface area contributed by atoms with Crippen molar-refractivity contribution >= 4 is 5.78 Å². The third-order valence-corrected chi connectivity index (χ3v) is 5.04. The number of fused-ring (bicyclic) bond motifs is 1. The van der Waals surface area contributed by atoms with Gasteiger partial charge in [-0.2, -0.15) is 0 Å². The molecule has 0 aliphatic heterocycles. The number of hydrogen-bond acceptors (Lipinski definition) is 1. The zero-order chi connectivity index (χ0) is 17.3. The summed E-state index contributed by atoms with van der Waals surface area (Å²) in [6.07, 6.45) is 5.61. The molecule has 0 saturated heterocycles. The summed E-state index contributed by atoms with van der Waals surface area (Å²) >= 11 is 0. The highest BCUT2D eigenvalue weighted by Crippen LogP contribution is 2.37. The topological polar surface area (TPSA) is 17.1 Å². The maximum absolute atomic E-state index is 13.0. The summed E-state index contributed by atoms with van der Waals surface area (Å²) in [6.45, 7) is 13.0. The van der Waals surface area contributed by atoms with Crippen molar-refractivity contribution in [3.8, 4) is 0 Å². The number of aryl methyl sites for hydroxylation is 1. The molecule has 0 heterocycles. The van der Waals surface area contributed by atoms with Gasteiger partial charge in [-0.1, -0.05) is 65.8 Å². The van der Waals surface area contributed by atoms with Crippen LogP contribution in [0.2, 0.25) is 0 Å². The van der Waals surface area contributed by atoms with E-state index in [1.54, 1.807) is 0 Å². The Labute approximate surface area is 142 Å². The molecule has 0 saturated carbocycles. The molecule has 1 heteroatoms. The quantitative estimate of drug-likeness (QED) is 0.681. The summed E-state index contributed by atoms with van der Waals surface area (Å²) in [7, 11) is 0. The van der Waals surface area contributed by atoms with Crippen LogP contribution in [0.4, 0.5) is 0 Å². The van der Waals surface area contributed by atoms with Crippen molar-refractivity contribution in [3.05, 3.63) is 35.4 Å². The number of benzene rings is 1. The molecular weight excluding hydrogens is 280 g/mol. The van der Waals surface area contributed by atoms with E-state index in [0.29, 0.717) is 11.7 Å². The highest BCUT2D eigenvalue weighted by molar-refractivity contribution is 5.86. The minimum atomic E-state index is -0.234. The van der Waals surface area contributed by atoms with Gasteiger partial charge in [0, 0.05) is 11.3 Å². The molecule has 0 fully saturated rings. The fraction of sp³-hybridized carbons (Fsp3) is 0.682. The van der Waals surface area contributed by atoms with Crippen LogP contribution < -0.4 is 0 Å². The van der Waals surface area contributed by atoms with Gasteiger partial charge in [0.25, 0.3) is 0 Å². The van der Waals surface area contributed by atoms with E-state index in [2.05, 4.69) is 65.8 Å². The first kappa shape index (κ1) is 18.2. The minimum Gasteiger partial charge on any atom is -0.299 e. The largest absolute Gasteiger partial charge is 0.299 e. The van der Waals surface area contributed by atoms with Gasteiger partial charge in [0.05, 0.1) is 0 Å². The standard InChI is InChI=1S/C22H34O/c1-21(2,3)15-19(20(23)22(4,5)6)14-16-11-12-17-9-7-8-10-18(17)13-16/h7-10,16,19H,11-15H2,1-6H3. The number of hydrogen-bond donors (Lipinski definition) is 0. The Balaban J connectivity index is 2.11. The van der Waals surface area contributed by atoms with Crippen molar-refractivity contribution in [1.29, 1.82) is 0 Å². The van der Waals surface area contributed by atoms with Crippen LogP contribution >= 0.6 is 0 Å². The van der Waals surface area contributed by atoms with Gasteiger partial charge in [-0.05, 0) is 54.6 Å². The van der Waals surface area contributed by atoms with Crippen molar-refractivity contribution in [3.63, 3.8) is 0 Å². The van der Waals surface area contributed by atoms with Crippen LogP contribution in [-0.4, -0.2) is 5.78 Å². The van der Waals surface area contributed by atoms with Gasteiger partial charge in [-0.3, -0.25) is 4.79 Å². The molecule has 1 nitrogen and oxygen atoms in total. The zero-order valence-corrected chi connectivity index (χ0v) is 15.9. The van der Waals surface area contributed by atoms with E-state index in [9.17, 15) is 4.79 Å². The van der Waals surface area contributed by atoms with E-state index in [4.69, 9.17) is 0 Å². The molecule has 0 radical (unpaired) electrons. The van der Waals surface area contributed by atoms with Crippen molar-refractivity contribution < 1.29 is 4.79 Å². The molecule has 1 aromatic rings. The van der Waals surface area contributed by atoms with Crippen molar-refractivity contribution in [1.82, 2.24) is 0 Å². The lowest BCUT2D eigenvalue weighted by Gasteiger charge is -2.34. The molecule has 0 aromatic heterocycles. The van der Waals surface area contributed by atoms with Crippen molar-refractivity contribution in [2.45, 2.75) is 73.6 Å². The highest BCUT2D eigenvalue weighted by Gasteiger charge is 2.34. The van der Waals surface area contributed by atoms with Gasteiger partial charge in [-0.15, -0.1) is 0 Å². The molecule has 0 amide bonds. The Morgan fingerprint density at radius 1 is 1.09 bits per heavy atom. The van der Waals surface area contributed by atoms with Gasteiger partial charge in [0.15, 0.2) is 0 Å². The van der Waals surface area contributed by atoms with E-state index in [0.717, 1.165) is 19.3 Å². The van der Waals surface area contributed by atoms with Gasteiger partial charge < -0.3 is 0 Å². The minimum absolute atomic E-state index is 0.199. The Bertz CT molecular complexity index is 542. The summed E-state index contributed by atoms with van der Waals surface area (Å²) in [4.78, 5) is 13.0. The fourth-order valence-electron chi connectivity index (χ4n) is 4.01. The number of carbonyl (C=O) groups excluding carboxylic acids is 1.